The summed E-state index contributed by atoms with van der Waals surface area (Å²) in [5, 5.41) is 3.86. The molecule has 0 unspecified atom stereocenters. The highest BCUT2D eigenvalue weighted by Crippen LogP contribution is 2.23. The Balaban J connectivity index is 1.60. The lowest BCUT2D eigenvalue weighted by atomic mass is 10.1. The van der Waals surface area contributed by atoms with E-state index in [-0.39, 0.29) is 17.9 Å². The van der Waals surface area contributed by atoms with E-state index in [1.807, 2.05) is 55.5 Å². The minimum Gasteiger partial charge on any atom is -0.497 e. The topological polar surface area (TPSA) is 58.6 Å². The Kier molecular flexibility index (Phi) is 9.95. The molecule has 0 bridgehead atoms. The standard InChI is InChI=1S/C26H33ClN2O3S/c1-19(26(31)28-22-6-3-4-7-22)29(18-20-9-13-23(32-2)14-10-20)25(30)8-5-17-33-24-15-11-21(27)12-16-24/h9-16,19,22H,3-8,17-18H2,1-2H3,(H,28,31)/t19-/m1/s1. The van der Waals surface area contributed by atoms with Gasteiger partial charge in [-0.3, -0.25) is 9.59 Å². The van der Waals surface area contributed by atoms with E-state index in [2.05, 4.69) is 5.32 Å². The number of thioether (sulfide) groups is 1. The van der Waals surface area contributed by atoms with E-state index < -0.39 is 6.04 Å². The van der Waals surface area contributed by atoms with Crippen molar-refractivity contribution >= 4 is 35.2 Å². The second kappa shape index (κ2) is 12.9. The molecule has 1 aliphatic rings. The first kappa shape index (κ1) is 25.4. The molecule has 0 heterocycles. The smallest absolute Gasteiger partial charge is 0.242 e. The van der Waals surface area contributed by atoms with Gasteiger partial charge in [0, 0.05) is 28.9 Å². The lowest BCUT2D eigenvalue weighted by Crippen LogP contribution is -2.49. The highest BCUT2D eigenvalue weighted by atomic mass is 35.5. The molecule has 7 heteroatoms. The molecule has 0 aliphatic heterocycles. The SMILES string of the molecule is COc1ccc(CN(C(=O)CCCSc2ccc(Cl)cc2)[C@H](C)C(=O)NC2CCCC2)cc1. The molecule has 0 spiro atoms. The number of ether oxygens (including phenoxy) is 1. The molecule has 1 atom stereocenters. The van der Waals surface area contributed by atoms with Crippen molar-refractivity contribution in [3.05, 3.63) is 59.1 Å². The summed E-state index contributed by atoms with van der Waals surface area (Å²) >= 11 is 7.65. The summed E-state index contributed by atoms with van der Waals surface area (Å²) in [6.45, 7) is 2.22. The van der Waals surface area contributed by atoms with Crippen LogP contribution in [-0.4, -0.2) is 41.7 Å². The number of rotatable bonds is 11. The Labute approximate surface area is 206 Å². The first-order chi connectivity index (χ1) is 16.0. The predicted molar refractivity (Wildman–Crippen MR) is 135 cm³/mol. The van der Waals surface area contributed by atoms with Crippen molar-refractivity contribution in [3.63, 3.8) is 0 Å². The summed E-state index contributed by atoms with van der Waals surface area (Å²) in [6.07, 6.45) is 5.48. The number of methoxy groups -OCH3 is 1. The molecule has 0 aromatic heterocycles. The van der Waals surface area contributed by atoms with Gasteiger partial charge in [0.15, 0.2) is 0 Å². The Morgan fingerprint density at radius 2 is 1.79 bits per heavy atom. The van der Waals surface area contributed by atoms with Gasteiger partial charge in [0.25, 0.3) is 0 Å². The number of hydrogen-bond acceptors (Lipinski definition) is 4. The molecule has 1 saturated carbocycles. The van der Waals surface area contributed by atoms with Crippen molar-refractivity contribution in [3.8, 4) is 5.75 Å². The fourth-order valence-electron chi connectivity index (χ4n) is 3.99. The number of halogens is 1. The fraction of sp³-hybridized carbons (Fsp3) is 0.462. The molecule has 1 N–H and O–H groups in total. The van der Waals surface area contributed by atoms with Crippen LogP contribution in [0.4, 0.5) is 0 Å². The van der Waals surface area contributed by atoms with Gasteiger partial charge >= 0.3 is 0 Å². The van der Waals surface area contributed by atoms with Crippen LogP contribution >= 0.6 is 23.4 Å². The number of benzene rings is 2. The van der Waals surface area contributed by atoms with Crippen LogP contribution in [0.15, 0.2) is 53.4 Å². The Hall–Kier alpha value is -2.18. The molecule has 3 rings (SSSR count). The average molecular weight is 489 g/mol. The summed E-state index contributed by atoms with van der Waals surface area (Å²) in [4.78, 5) is 29.0. The zero-order chi connectivity index (χ0) is 23.6. The van der Waals surface area contributed by atoms with Gasteiger partial charge in [-0.25, -0.2) is 0 Å². The molecule has 2 aromatic rings. The summed E-state index contributed by atoms with van der Waals surface area (Å²) in [7, 11) is 1.63. The number of carbonyl (C=O) groups excluding carboxylic acids is 2. The largest absolute Gasteiger partial charge is 0.497 e. The fourth-order valence-corrected chi connectivity index (χ4v) is 4.97. The predicted octanol–water partition coefficient (Wildman–Crippen LogP) is 5.70. The maximum atomic E-state index is 13.2. The van der Waals surface area contributed by atoms with Crippen LogP contribution in [0.25, 0.3) is 0 Å². The van der Waals surface area contributed by atoms with Crippen LogP contribution in [0.2, 0.25) is 5.02 Å². The van der Waals surface area contributed by atoms with Gasteiger partial charge in [-0.1, -0.05) is 36.6 Å². The minimum absolute atomic E-state index is 0.00315. The maximum absolute atomic E-state index is 13.2. The molecule has 0 radical (unpaired) electrons. The third-order valence-electron chi connectivity index (χ3n) is 6.00. The van der Waals surface area contributed by atoms with Gasteiger partial charge < -0.3 is 15.0 Å². The summed E-state index contributed by atoms with van der Waals surface area (Å²) in [5.74, 6) is 1.52. The van der Waals surface area contributed by atoms with E-state index in [9.17, 15) is 9.59 Å². The summed E-state index contributed by atoms with van der Waals surface area (Å²) in [6, 6.07) is 15.1. The lowest BCUT2D eigenvalue weighted by molar-refractivity contribution is -0.140. The number of amides is 2. The van der Waals surface area contributed by atoms with Gasteiger partial charge in [-0.05, 0) is 73.9 Å². The number of carbonyl (C=O) groups is 2. The molecule has 5 nitrogen and oxygen atoms in total. The van der Waals surface area contributed by atoms with Gasteiger partial charge in [0.1, 0.15) is 11.8 Å². The van der Waals surface area contributed by atoms with Crippen LogP contribution in [0.5, 0.6) is 5.75 Å². The Bertz CT molecular complexity index is 899. The first-order valence-corrected chi connectivity index (χ1v) is 12.9. The molecular weight excluding hydrogens is 456 g/mol. The number of nitrogens with zero attached hydrogens (tertiary/aromatic N) is 1. The maximum Gasteiger partial charge on any atom is 0.242 e. The highest BCUT2D eigenvalue weighted by Gasteiger charge is 2.28. The number of hydrogen-bond donors (Lipinski definition) is 1. The van der Waals surface area contributed by atoms with Crippen LogP contribution in [0.3, 0.4) is 0 Å². The number of nitrogens with one attached hydrogen (secondary N) is 1. The Morgan fingerprint density at radius 1 is 1.12 bits per heavy atom. The van der Waals surface area contributed by atoms with Crippen molar-refractivity contribution in [2.75, 3.05) is 12.9 Å². The summed E-state index contributed by atoms with van der Waals surface area (Å²) in [5.41, 5.74) is 0.972. The minimum atomic E-state index is -0.524. The third kappa shape index (κ3) is 7.97. The molecule has 1 fully saturated rings. The van der Waals surface area contributed by atoms with Gasteiger partial charge in [-0.2, -0.15) is 0 Å². The van der Waals surface area contributed by atoms with Crippen molar-refractivity contribution in [1.82, 2.24) is 10.2 Å². The second-order valence-corrected chi connectivity index (χ2v) is 10.0. The van der Waals surface area contributed by atoms with E-state index in [1.165, 1.54) is 0 Å². The Morgan fingerprint density at radius 3 is 2.42 bits per heavy atom. The van der Waals surface area contributed by atoms with Gasteiger partial charge in [-0.15, -0.1) is 11.8 Å². The molecule has 2 amide bonds. The van der Waals surface area contributed by atoms with Crippen molar-refractivity contribution in [1.29, 1.82) is 0 Å². The normalized spacial score (nSPS) is 14.6. The lowest BCUT2D eigenvalue weighted by Gasteiger charge is -2.30. The van der Waals surface area contributed by atoms with Crippen LogP contribution in [0, 0.1) is 0 Å². The zero-order valence-electron chi connectivity index (χ0n) is 19.4. The molecular formula is C26H33ClN2O3S. The van der Waals surface area contributed by atoms with Crippen LogP contribution in [0.1, 0.15) is 51.0 Å². The highest BCUT2D eigenvalue weighted by molar-refractivity contribution is 7.99. The molecule has 0 saturated heterocycles. The van der Waals surface area contributed by atoms with Crippen molar-refractivity contribution in [2.45, 2.75) is 69.0 Å². The van der Waals surface area contributed by atoms with Gasteiger partial charge in [0.05, 0.1) is 7.11 Å². The molecule has 178 valence electrons. The van der Waals surface area contributed by atoms with Gasteiger partial charge in [0.2, 0.25) is 11.8 Å². The molecule has 2 aromatic carbocycles. The quantitative estimate of drug-likeness (QED) is 0.325. The molecule has 1 aliphatic carbocycles. The summed E-state index contributed by atoms with van der Waals surface area (Å²) < 4.78 is 5.24. The van der Waals surface area contributed by atoms with E-state index in [4.69, 9.17) is 16.3 Å². The van der Waals surface area contributed by atoms with Crippen molar-refractivity contribution < 1.29 is 14.3 Å². The van der Waals surface area contributed by atoms with E-state index >= 15 is 0 Å². The third-order valence-corrected chi connectivity index (χ3v) is 7.35. The van der Waals surface area contributed by atoms with E-state index in [1.54, 1.807) is 23.8 Å². The van der Waals surface area contributed by atoms with E-state index in [0.29, 0.717) is 18.0 Å². The monoisotopic (exact) mass is 488 g/mol. The second-order valence-electron chi connectivity index (χ2n) is 8.44. The first-order valence-electron chi connectivity index (χ1n) is 11.6. The molecule has 33 heavy (non-hydrogen) atoms. The van der Waals surface area contributed by atoms with E-state index in [0.717, 1.165) is 54.1 Å². The van der Waals surface area contributed by atoms with Crippen LogP contribution in [-0.2, 0) is 16.1 Å². The zero-order valence-corrected chi connectivity index (χ0v) is 21.0. The van der Waals surface area contributed by atoms with Crippen LogP contribution < -0.4 is 10.1 Å². The average Bonchev–Trinajstić information content (AvgIpc) is 3.34. The van der Waals surface area contributed by atoms with Crippen molar-refractivity contribution in [2.24, 2.45) is 0 Å².